The number of aromatic nitrogens is 3. The number of aliphatic carboxylic acids is 1. The molecule has 0 bridgehead atoms. The van der Waals surface area contributed by atoms with E-state index in [0.717, 1.165) is 0 Å². The maximum Gasteiger partial charge on any atom is 0.490 e. The third-order valence-corrected chi connectivity index (χ3v) is 6.09. The molecule has 1 unspecified atom stereocenters. The van der Waals surface area contributed by atoms with Crippen LogP contribution in [-0.2, 0) is 10.3 Å². The summed E-state index contributed by atoms with van der Waals surface area (Å²) in [7, 11) is 0. The molecule has 39 heavy (non-hydrogen) atoms. The van der Waals surface area contributed by atoms with Crippen LogP contribution in [0.15, 0.2) is 65.9 Å². The lowest BCUT2D eigenvalue weighted by atomic mass is 9.77. The fourth-order valence-corrected chi connectivity index (χ4v) is 4.52. The number of benzene rings is 1. The normalized spacial score (nSPS) is 16.7. The first-order chi connectivity index (χ1) is 18.4. The lowest BCUT2D eigenvalue weighted by Gasteiger charge is -2.35. The molecule has 3 aromatic heterocycles. The molecule has 6 rings (SSSR count). The van der Waals surface area contributed by atoms with Crippen molar-refractivity contribution >= 4 is 23.4 Å². The van der Waals surface area contributed by atoms with E-state index in [1.165, 1.54) is 12.3 Å². The largest absolute Gasteiger partial charge is 0.490 e. The molecule has 8 nitrogen and oxygen atoms in total. The number of pyridine rings is 3. The van der Waals surface area contributed by atoms with Crippen molar-refractivity contribution in [3.05, 3.63) is 100 Å². The van der Waals surface area contributed by atoms with E-state index in [2.05, 4.69) is 15.0 Å². The standard InChI is InChI=1S/C23H12ClF2N5O.C2HF3O2/c24-17-10-15-18(21(26)30-17)32-16-6-5-11(12-3-1-8-29-20(12)25)9-14(16)23(15)19-13(22(27)31-23)4-2-7-28-19;3-2(4,5)1(6)7/h1-10H,(H2,27,31);(H,6,7). The van der Waals surface area contributed by atoms with Gasteiger partial charge in [-0.1, -0.05) is 17.7 Å². The molecule has 14 heteroatoms. The van der Waals surface area contributed by atoms with E-state index >= 15 is 0 Å². The van der Waals surface area contributed by atoms with Crippen molar-refractivity contribution in [3.8, 4) is 22.6 Å². The number of alkyl halides is 3. The number of fused-ring (bicyclic) bond motifs is 6. The van der Waals surface area contributed by atoms with E-state index in [-0.39, 0.29) is 16.7 Å². The highest BCUT2D eigenvalue weighted by Gasteiger charge is 2.51. The van der Waals surface area contributed by atoms with Crippen molar-refractivity contribution in [1.29, 1.82) is 0 Å². The van der Waals surface area contributed by atoms with Gasteiger partial charge in [-0.2, -0.15) is 22.0 Å². The second-order valence-corrected chi connectivity index (χ2v) is 8.56. The van der Waals surface area contributed by atoms with Crippen LogP contribution in [-0.4, -0.2) is 38.0 Å². The minimum atomic E-state index is -5.08. The Morgan fingerprint density at radius 3 is 2.31 bits per heavy atom. The van der Waals surface area contributed by atoms with Gasteiger partial charge in [-0.25, -0.2) is 19.8 Å². The molecule has 2 aliphatic rings. The van der Waals surface area contributed by atoms with Gasteiger partial charge < -0.3 is 15.6 Å². The maximum absolute atomic E-state index is 14.9. The third kappa shape index (κ3) is 4.30. The van der Waals surface area contributed by atoms with Crippen molar-refractivity contribution in [1.82, 2.24) is 15.0 Å². The highest BCUT2D eigenvalue weighted by atomic mass is 35.5. The Bertz CT molecular complexity index is 1680. The molecule has 1 spiro atoms. The van der Waals surface area contributed by atoms with Crippen LogP contribution in [0.5, 0.6) is 11.5 Å². The molecule has 1 aromatic carbocycles. The molecule has 0 amide bonds. The Hall–Kier alpha value is -4.65. The second kappa shape index (κ2) is 9.27. The summed E-state index contributed by atoms with van der Waals surface area (Å²) in [6.07, 6.45) is -2.11. The smallest absolute Gasteiger partial charge is 0.475 e. The zero-order chi connectivity index (χ0) is 28.1. The van der Waals surface area contributed by atoms with Crippen LogP contribution >= 0.6 is 11.6 Å². The first-order valence-electron chi connectivity index (χ1n) is 10.8. The first kappa shape index (κ1) is 26.0. The molecule has 0 saturated carbocycles. The van der Waals surface area contributed by atoms with Gasteiger partial charge >= 0.3 is 12.1 Å². The average Bonchev–Trinajstić information content (AvgIpc) is 3.18. The highest BCUT2D eigenvalue weighted by molar-refractivity contribution is 6.29. The number of carbonyl (C=O) groups is 1. The molecule has 2 aliphatic heterocycles. The molecule has 4 aromatic rings. The predicted molar refractivity (Wildman–Crippen MR) is 127 cm³/mol. The number of nitrogens with two attached hydrogens (primary N) is 1. The number of hydrogen-bond donors (Lipinski definition) is 2. The van der Waals surface area contributed by atoms with Crippen LogP contribution in [0.1, 0.15) is 22.4 Å². The minimum absolute atomic E-state index is 0.0692. The van der Waals surface area contributed by atoms with Gasteiger partial charge in [0.25, 0.3) is 5.95 Å². The number of carboxylic acids is 1. The molecular formula is C25H13ClF5N5O3. The van der Waals surface area contributed by atoms with Gasteiger partial charge in [0.05, 0.1) is 5.69 Å². The van der Waals surface area contributed by atoms with E-state index in [9.17, 15) is 22.0 Å². The summed E-state index contributed by atoms with van der Waals surface area (Å²) in [5.41, 5.74) is 7.71. The molecule has 0 radical (unpaired) electrons. The SMILES string of the molecule is NC1=NC2(c3cc(-c4cccnc4F)ccc3Oc3c2cc(Cl)nc3F)c2ncccc21.O=C(O)C(F)(F)F. The summed E-state index contributed by atoms with van der Waals surface area (Å²) in [5.74, 6) is -3.81. The van der Waals surface area contributed by atoms with Crippen LogP contribution in [0, 0.1) is 11.9 Å². The summed E-state index contributed by atoms with van der Waals surface area (Å²) in [4.78, 5) is 25.6. The Morgan fingerprint density at radius 2 is 1.64 bits per heavy atom. The van der Waals surface area contributed by atoms with Crippen LogP contribution in [0.2, 0.25) is 5.15 Å². The summed E-state index contributed by atoms with van der Waals surface area (Å²) in [6, 6.07) is 13.3. The van der Waals surface area contributed by atoms with Gasteiger partial charge in [-0.15, -0.1) is 0 Å². The topological polar surface area (TPSA) is 124 Å². The predicted octanol–water partition coefficient (Wildman–Crippen LogP) is 5.22. The molecule has 198 valence electrons. The Labute approximate surface area is 220 Å². The van der Waals surface area contributed by atoms with E-state index in [1.807, 2.05) is 0 Å². The summed E-state index contributed by atoms with van der Waals surface area (Å²) >= 11 is 6.12. The van der Waals surface area contributed by atoms with Crippen molar-refractivity contribution < 1.29 is 36.6 Å². The van der Waals surface area contributed by atoms with Crippen LogP contribution in [0.3, 0.4) is 0 Å². The quantitative estimate of drug-likeness (QED) is 0.241. The summed E-state index contributed by atoms with van der Waals surface area (Å²) < 4.78 is 66.9. The van der Waals surface area contributed by atoms with E-state index < -0.39 is 29.6 Å². The first-order valence-corrected chi connectivity index (χ1v) is 11.2. The Kier molecular flexibility index (Phi) is 6.18. The van der Waals surface area contributed by atoms with Crippen molar-refractivity contribution in [2.45, 2.75) is 11.7 Å². The number of ether oxygens (including phenoxy) is 1. The van der Waals surface area contributed by atoms with Crippen molar-refractivity contribution in [3.63, 3.8) is 0 Å². The third-order valence-electron chi connectivity index (χ3n) is 5.90. The van der Waals surface area contributed by atoms with Crippen molar-refractivity contribution in [2.75, 3.05) is 0 Å². The molecule has 0 aliphatic carbocycles. The minimum Gasteiger partial charge on any atom is -0.475 e. The van der Waals surface area contributed by atoms with E-state index in [1.54, 1.807) is 48.7 Å². The lowest BCUT2D eigenvalue weighted by molar-refractivity contribution is -0.192. The second-order valence-electron chi connectivity index (χ2n) is 8.18. The Morgan fingerprint density at radius 1 is 0.974 bits per heavy atom. The Balaban J connectivity index is 0.000000392. The number of carboxylic acid groups (broad SMARTS) is 1. The van der Waals surface area contributed by atoms with Gasteiger partial charge in [-0.3, -0.25) is 4.98 Å². The zero-order valence-electron chi connectivity index (χ0n) is 19.2. The number of halogens is 6. The van der Waals surface area contributed by atoms with Crippen LogP contribution < -0.4 is 10.5 Å². The van der Waals surface area contributed by atoms with Crippen LogP contribution in [0.4, 0.5) is 22.0 Å². The number of nitrogens with zero attached hydrogens (tertiary/aromatic N) is 4. The fourth-order valence-electron chi connectivity index (χ4n) is 4.33. The molecule has 5 heterocycles. The summed E-state index contributed by atoms with van der Waals surface area (Å²) in [5, 5.41) is 7.06. The molecule has 0 saturated heterocycles. The molecule has 0 fully saturated rings. The zero-order valence-corrected chi connectivity index (χ0v) is 19.9. The van der Waals surface area contributed by atoms with Crippen molar-refractivity contribution in [2.24, 2.45) is 10.7 Å². The van der Waals surface area contributed by atoms with Gasteiger partial charge in [0.15, 0.2) is 11.3 Å². The molecule has 1 atom stereocenters. The van der Waals surface area contributed by atoms with Gasteiger partial charge in [0, 0.05) is 34.6 Å². The number of hydrogen-bond acceptors (Lipinski definition) is 7. The van der Waals surface area contributed by atoms with E-state index in [4.69, 9.17) is 37.0 Å². The lowest BCUT2D eigenvalue weighted by Crippen LogP contribution is -2.31. The number of aliphatic imine (C=N–C) groups is 1. The molecular weight excluding hydrogens is 549 g/mol. The average molecular weight is 562 g/mol. The van der Waals surface area contributed by atoms with Crippen LogP contribution in [0.25, 0.3) is 11.1 Å². The highest BCUT2D eigenvalue weighted by Crippen LogP contribution is 2.56. The summed E-state index contributed by atoms with van der Waals surface area (Å²) in [6.45, 7) is 0. The number of amidine groups is 1. The maximum atomic E-state index is 14.9. The van der Waals surface area contributed by atoms with Gasteiger partial charge in [-0.05, 0) is 48.0 Å². The van der Waals surface area contributed by atoms with E-state index in [0.29, 0.717) is 39.3 Å². The fraction of sp³-hybridized carbons (Fsp3) is 0.0800. The molecule has 3 N–H and O–H groups in total. The van der Waals surface area contributed by atoms with Gasteiger partial charge in [0.2, 0.25) is 5.95 Å². The van der Waals surface area contributed by atoms with Gasteiger partial charge in [0.1, 0.15) is 16.7 Å². The monoisotopic (exact) mass is 561 g/mol. The number of rotatable bonds is 1.